The second-order valence-electron chi connectivity index (χ2n) is 6.72. The van der Waals surface area contributed by atoms with Gasteiger partial charge in [0.05, 0.1) is 6.42 Å². The van der Waals surface area contributed by atoms with Crippen LogP contribution in [0.3, 0.4) is 0 Å². The average Bonchev–Trinajstić information content (AvgIpc) is 3.19. The monoisotopic (exact) mass is 379 g/mol. The molecule has 3 rings (SSSR count). The van der Waals surface area contributed by atoms with Gasteiger partial charge in [-0.15, -0.1) is 0 Å². The van der Waals surface area contributed by atoms with Gasteiger partial charge in [0.1, 0.15) is 0 Å². The third-order valence-electron chi connectivity index (χ3n) is 4.47. The van der Waals surface area contributed by atoms with Crippen molar-refractivity contribution in [1.82, 2.24) is 15.5 Å². The molecule has 0 aliphatic carbocycles. The van der Waals surface area contributed by atoms with Crippen LogP contribution < -0.4 is 5.32 Å². The van der Waals surface area contributed by atoms with Crippen LogP contribution in [0.4, 0.5) is 0 Å². The number of carboxylic acid groups (broad SMARTS) is 1. The van der Waals surface area contributed by atoms with E-state index in [1.807, 2.05) is 30.3 Å². The van der Waals surface area contributed by atoms with Gasteiger partial charge in [-0.05, 0) is 30.4 Å². The summed E-state index contributed by atoms with van der Waals surface area (Å²) in [5.41, 5.74) is 3.35. The van der Waals surface area contributed by atoms with Gasteiger partial charge >= 0.3 is 5.97 Å². The lowest BCUT2D eigenvalue weighted by molar-refractivity contribution is -0.136. The van der Waals surface area contributed by atoms with Gasteiger partial charge in [0, 0.05) is 25.1 Å². The van der Waals surface area contributed by atoms with Crippen LogP contribution in [0.2, 0.25) is 0 Å². The molecule has 146 valence electrons. The molecule has 3 aromatic rings. The van der Waals surface area contributed by atoms with Crippen molar-refractivity contribution in [3.63, 3.8) is 0 Å². The third kappa shape index (κ3) is 6.32. The van der Waals surface area contributed by atoms with Crippen molar-refractivity contribution in [2.24, 2.45) is 0 Å². The molecule has 0 radical (unpaired) electrons. The Morgan fingerprint density at radius 3 is 2.46 bits per heavy atom. The molecule has 6 nitrogen and oxygen atoms in total. The summed E-state index contributed by atoms with van der Waals surface area (Å²) in [6.45, 7) is 1.09. The van der Waals surface area contributed by atoms with E-state index in [4.69, 9.17) is 9.63 Å². The van der Waals surface area contributed by atoms with Gasteiger partial charge in [0.2, 0.25) is 11.7 Å². The largest absolute Gasteiger partial charge is 0.481 e. The second kappa shape index (κ2) is 10.4. The van der Waals surface area contributed by atoms with Gasteiger partial charge in [-0.25, -0.2) is 0 Å². The first-order valence-electron chi connectivity index (χ1n) is 9.59. The lowest BCUT2D eigenvalue weighted by atomic mass is 10.1. The second-order valence-corrected chi connectivity index (χ2v) is 6.72. The van der Waals surface area contributed by atoms with Gasteiger partial charge in [-0.3, -0.25) is 4.79 Å². The normalized spacial score (nSPS) is 10.9. The molecule has 6 heteroatoms. The fourth-order valence-corrected chi connectivity index (χ4v) is 2.92. The van der Waals surface area contributed by atoms with Crippen molar-refractivity contribution >= 4 is 5.97 Å². The predicted octanol–water partition coefficient (Wildman–Crippen LogP) is 3.87. The van der Waals surface area contributed by atoms with E-state index in [2.05, 4.69) is 39.7 Å². The summed E-state index contributed by atoms with van der Waals surface area (Å²) < 4.78 is 5.37. The SMILES string of the molecule is O=C(O)CCNCc1ccc(-c2noc(CCCCc3ccccc3)n2)cc1. The first-order chi connectivity index (χ1) is 13.7. The standard InChI is InChI=1S/C22H25N3O3/c26-21(27)14-15-23-16-18-10-12-19(13-11-18)22-24-20(28-25-22)9-5-4-8-17-6-2-1-3-7-17/h1-3,6-7,10-13,23H,4-5,8-9,14-16H2,(H,26,27). The highest BCUT2D eigenvalue weighted by atomic mass is 16.5. The number of hydrogen-bond acceptors (Lipinski definition) is 5. The minimum absolute atomic E-state index is 0.120. The van der Waals surface area contributed by atoms with Gasteiger partial charge in [0.25, 0.3) is 0 Å². The summed E-state index contributed by atoms with van der Waals surface area (Å²) in [7, 11) is 0. The molecule has 0 spiro atoms. The van der Waals surface area contributed by atoms with Crippen LogP contribution in [-0.2, 0) is 24.2 Å². The molecule has 1 heterocycles. The fourth-order valence-electron chi connectivity index (χ4n) is 2.92. The van der Waals surface area contributed by atoms with E-state index in [-0.39, 0.29) is 6.42 Å². The Balaban J connectivity index is 1.43. The fraction of sp³-hybridized carbons (Fsp3) is 0.318. The van der Waals surface area contributed by atoms with E-state index in [0.717, 1.165) is 36.8 Å². The Bertz CT molecular complexity index is 860. The molecule has 0 atom stereocenters. The van der Waals surface area contributed by atoms with E-state index < -0.39 is 5.97 Å². The summed E-state index contributed by atoms with van der Waals surface area (Å²) in [5, 5.41) is 15.8. The summed E-state index contributed by atoms with van der Waals surface area (Å²) in [6, 6.07) is 18.3. The maximum atomic E-state index is 10.5. The van der Waals surface area contributed by atoms with Crippen LogP contribution in [0.5, 0.6) is 0 Å². The van der Waals surface area contributed by atoms with Crippen LogP contribution in [0, 0.1) is 0 Å². The third-order valence-corrected chi connectivity index (χ3v) is 4.47. The molecule has 0 unspecified atom stereocenters. The average molecular weight is 379 g/mol. The number of carbonyl (C=O) groups is 1. The molecule has 0 bridgehead atoms. The number of aliphatic carboxylic acids is 1. The molecule has 2 aromatic carbocycles. The van der Waals surface area contributed by atoms with E-state index in [1.54, 1.807) is 0 Å². The van der Waals surface area contributed by atoms with Crippen LogP contribution in [-0.4, -0.2) is 27.8 Å². The maximum absolute atomic E-state index is 10.5. The van der Waals surface area contributed by atoms with Crippen LogP contribution in [0.15, 0.2) is 59.1 Å². The zero-order valence-electron chi connectivity index (χ0n) is 15.8. The molecule has 0 aliphatic rings. The molecule has 2 N–H and O–H groups in total. The van der Waals surface area contributed by atoms with Crippen molar-refractivity contribution in [1.29, 1.82) is 0 Å². The molecule has 0 amide bonds. The van der Waals surface area contributed by atoms with Gasteiger partial charge in [0.15, 0.2) is 0 Å². The Hall–Kier alpha value is -2.99. The summed E-state index contributed by atoms with van der Waals surface area (Å²) >= 11 is 0. The molecule has 0 saturated carbocycles. The Kier molecular flexibility index (Phi) is 7.32. The Morgan fingerprint density at radius 2 is 1.71 bits per heavy atom. The van der Waals surface area contributed by atoms with Crippen molar-refractivity contribution in [3.05, 3.63) is 71.6 Å². The van der Waals surface area contributed by atoms with Gasteiger partial charge < -0.3 is 14.9 Å². The number of benzene rings is 2. The minimum Gasteiger partial charge on any atom is -0.481 e. The van der Waals surface area contributed by atoms with Crippen molar-refractivity contribution < 1.29 is 14.4 Å². The highest BCUT2D eigenvalue weighted by molar-refractivity contribution is 5.66. The molecular weight excluding hydrogens is 354 g/mol. The lowest BCUT2D eigenvalue weighted by Crippen LogP contribution is -2.17. The molecule has 0 saturated heterocycles. The van der Waals surface area contributed by atoms with E-state index in [1.165, 1.54) is 5.56 Å². The maximum Gasteiger partial charge on any atom is 0.304 e. The van der Waals surface area contributed by atoms with Crippen molar-refractivity contribution in [2.75, 3.05) is 6.54 Å². The van der Waals surface area contributed by atoms with E-state index >= 15 is 0 Å². The van der Waals surface area contributed by atoms with Crippen LogP contribution in [0.25, 0.3) is 11.4 Å². The van der Waals surface area contributed by atoms with Crippen molar-refractivity contribution in [3.8, 4) is 11.4 Å². The zero-order valence-corrected chi connectivity index (χ0v) is 15.8. The highest BCUT2D eigenvalue weighted by Crippen LogP contribution is 2.17. The minimum atomic E-state index is -0.796. The zero-order chi connectivity index (χ0) is 19.6. The predicted molar refractivity (Wildman–Crippen MR) is 107 cm³/mol. The lowest BCUT2D eigenvalue weighted by Gasteiger charge is -2.03. The Morgan fingerprint density at radius 1 is 0.964 bits per heavy atom. The number of carboxylic acids is 1. The highest BCUT2D eigenvalue weighted by Gasteiger charge is 2.08. The molecule has 28 heavy (non-hydrogen) atoms. The first-order valence-corrected chi connectivity index (χ1v) is 9.59. The first kappa shape index (κ1) is 19.8. The van der Waals surface area contributed by atoms with E-state index in [9.17, 15) is 4.79 Å². The molecule has 0 fully saturated rings. The summed E-state index contributed by atoms with van der Waals surface area (Å²) in [4.78, 5) is 15.0. The number of aryl methyl sites for hydroxylation is 2. The van der Waals surface area contributed by atoms with Crippen LogP contribution in [0.1, 0.15) is 36.3 Å². The molecule has 0 aliphatic heterocycles. The van der Waals surface area contributed by atoms with Gasteiger partial charge in [-0.2, -0.15) is 4.98 Å². The van der Waals surface area contributed by atoms with Gasteiger partial charge in [-0.1, -0.05) is 59.8 Å². The number of nitrogens with zero attached hydrogens (tertiary/aromatic N) is 2. The van der Waals surface area contributed by atoms with Crippen molar-refractivity contribution in [2.45, 2.75) is 38.6 Å². The summed E-state index contributed by atoms with van der Waals surface area (Å²) in [5.74, 6) is 0.474. The number of aromatic nitrogens is 2. The molecule has 1 aromatic heterocycles. The molecular formula is C22H25N3O3. The quantitative estimate of drug-likeness (QED) is 0.492. The van der Waals surface area contributed by atoms with E-state index in [0.29, 0.717) is 24.8 Å². The number of hydrogen-bond donors (Lipinski definition) is 2. The Labute approximate surface area is 164 Å². The van der Waals surface area contributed by atoms with Crippen LogP contribution >= 0.6 is 0 Å². The number of rotatable bonds is 11. The number of nitrogens with one attached hydrogen (secondary N) is 1. The topological polar surface area (TPSA) is 88.2 Å². The number of unbranched alkanes of at least 4 members (excludes halogenated alkanes) is 1. The smallest absolute Gasteiger partial charge is 0.304 e. The summed E-state index contributed by atoms with van der Waals surface area (Å²) in [6.07, 6.45) is 4.06.